The van der Waals surface area contributed by atoms with E-state index in [1.54, 1.807) is 6.07 Å². The monoisotopic (exact) mass is 274 g/mol. The van der Waals surface area contributed by atoms with E-state index in [4.69, 9.17) is 10.3 Å². The number of nitrogen functional groups attached to an aromatic ring is 1. The lowest BCUT2D eigenvalue weighted by Gasteiger charge is -2.00. The minimum absolute atomic E-state index is 0.0505. The van der Waals surface area contributed by atoms with Crippen molar-refractivity contribution >= 4 is 11.6 Å². The van der Waals surface area contributed by atoms with Gasteiger partial charge in [-0.2, -0.15) is 0 Å². The summed E-state index contributed by atoms with van der Waals surface area (Å²) in [7, 11) is 0. The molecule has 0 fully saturated rings. The van der Waals surface area contributed by atoms with Gasteiger partial charge in [-0.15, -0.1) is 5.10 Å². The Morgan fingerprint density at radius 2 is 2.35 bits per heavy atom. The quantitative estimate of drug-likeness (QED) is 0.364. The van der Waals surface area contributed by atoms with E-state index < -0.39 is 5.91 Å². The Kier molecular flexibility index (Phi) is 2.80. The zero-order valence-corrected chi connectivity index (χ0v) is 10.2. The van der Waals surface area contributed by atoms with Gasteiger partial charge in [0.2, 0.25) is 0 Å². The smallest absolute Gasteiger partial charge is 0.350 e. The summed E-state index contributed by atoms with van der Waals surface area (Å²) in [5.74, 6) is 4.54. The van der Waals surface area contributed by atoms with Crippen molar-refractivity contribution in [2.75, 3.05) is 0 Å². The van der Waals surface area contributed by atoms with Crippen LogP contribution in [0.25, 0.3) is 5.65 Å². The van der Waals surface area contributed by atoms with Gasteiger partial charge in [0.1, 0.15) is 0 Å². The highest BCUT2D eigenvalue weighted by Gasteiger charge is 2.16. The second-order valence-electron chi connectivity index (χ2n) is 3.99. The van der Waals surface area contributed by atoms with E-state index in [0.29, 0.717) is 11.2 Å². The van der Waals surface area contributed by atoms with Gasteiger partial charge >= 0.3 is 11.6 Å². The highest BCUT2D eigenvalue weighted by atomic mass is 16.3. The molecule has 0 saturated carbocycles. The molecule has 0 aliphatic rings. The minimum Gasteiger partial charge on any atom is -0.459 e. The number of hydrazine groups is 1. The Hall–Kier alpha value is -2.94. The molecule has 1 amide bonds. The molecule has 0 unspecified atom stereocenters. The molecule has 3 rings (SSSR count). The van der Waals surface area contributed by atoms with Gasteiger partial charge in [0.05, 0.1) is 19.0 Å². The van der Waals surface area contributed by atoms with Crippen molar-refractivity contribution in [3.63, 3.8) is 0 Å². The number of rotatable bonds is 3. The van der Waals surface area contributed by atoms with Crippen molar-refractivity contribution in [2.24, 2.45) is 5.84 Å². The first-order valence-corrected chi connectivity index (χ1v) is 5.67. The van der Waals surface area contributed by atoms with Crippen LogP contribution in [-0.2, 0) is 6.54 Å². The number of carbonyl (C=O) groups is 1. The van der Waals surface area contributed by atoms with Gasteiger partial charge in [-0.1, -0.05) is 0 Å². The number of nitrogens with one attached hydrogen (secondary N) is 1. The highest BCUT2D eigenvalue weighted by Crippen LogP contribution is 2.11. The summed E-state index contributed by atoms with van der Waals surface area (Å²) < 4.78 is 7.62. The average Bonchev–Trinajstić information content (AvgIpc) is 3.05. The first kappa shape index (κ1) is 12.1. The molecule has 0 atom stereocenters. The van der Waals surface area contributed by atoms with Crippen LogP contribution in [0.1, 0.15) is 16.1 Å². The number of furan rings is 1. The lowest BCUT2D eigenvalue weighted by atomic mass is 10.2. The molecule has 3 N–H and O–H groups in total. The van der Waals surface area contributed by atoms with Crippen molar-refractivity contribution in [1.82, 2.24) is 24.6 Å². The summed E-state index contributed by atoms with van der Waals surface area (Å²) in [4.78, 5) is 27.5. The first-order valence-electron chi connectivity index (χ1n) is 5.67. The lowest BCUT2D eigenvalue weighted by Crippen LogP contribution is -2.31. The fraction of sp³-hybridized carbons (Fsp3) is 0.0909. The normalized spacial score (nSPS) is 10.8. The molecule has 0 saturated heterocycles. The molecule has 20 heavy (non-hydrogen) atoms. The Morgan fingerprint density at radius 1 is 1.50 bits per heavy atom. The van der Waals surface area contributed by atoms with E-state index in [-0.39, 0.29) is 18.0 Å². The molecule has 0 aromatic carbocycles. The maximum absolute atomic E-state index is 12.1. The molecular formula is C11H10N6O3. The summed E-state index contributed by atoms with van der Waals surface area (Å²) in [5.41, 5.74) is 2.58. The van der Waals surface area contributed by atoms with E-state index in [0.717, 1.165) is 0 Å². The zero-order chi connectivity index (χ0) is 14.1. The molecule has 3 aromatic rings. The van der Waals surface area contributed by atoms with E-state index in [9.17, 15) is 9.59 Å². The number of aromatic nitrogens is 4. The molecular weight excluding hydrogens is 264 g/mol. The SMILES string of the molecule is NNC(=O)c1occc1Cn1nc2cnccn2c1=O. The van der Waals surface area contributed by atoms with Crippen LogP contribution in [0.2, 0.25) is 0 Å². The number of carbonyl (C=O) groups excluding carboxylic acids is 1. The van der Waals surface area contributed by atoms with E-state index in [1.165, 1.54) is 33.9 Å². The van der Waals surface area contributed by atoms with E-state index in [2.05, 4.69) is 10.1 Å². The van der Waals surface area contributed by atoms with Gasteiger partial charge in [-0.3, -0.25) is 15.2 Å². The molecule has 9 nitrogen and oxygen atoms in total. The molecule has 9 heteroatoms. The second kappa shape index (κ2) is 4.63. The molecule has 0 aliphatic heterocycles. The van der Waals surface area contributed by atoms with Crippen molar-refractivity contribution in [3.8, 4) is 0 Å². The lowest BCUT2D eigenvalue weighted by molar-refractivity contribution is 0.0924. The van der Waals surface area contributed by atoms with Gasteiger partial charge in [0.25, 0.3) is 0 Å². The van der Waals surface area contributed by atoms with Crippen molar-refractivity contribution < 1.29 is 9.21 Å². The zero-order valence-electron chi connectivity index (χ0n) is 10.2. The maximum Gasteiger partial charge on any atom is 0.350 e. The van der Waals surface area contributed by atoms with Gasteiger partial charge in [0, 0.05) is 18.0 Å². The Labute approximate surface area is 111 Å². The van der Waals surface area contributed by atoms with Crippen molar-refractivity contribution in [1.29, 1.82) is 0 Å². The van der Waals surface area contributed by atoms with Gasteiger partial charge in [-0.25, -0.2) is 19.7 Å². The summed E-state index contributed by atoms with van der Waals surface area (Å²) in [6, 6.07) is 1.58. The third-order valence-electron chi connectivity index (χ3n) is 2.79. The number of hydrogen-bond donors (Lipinski definition) is 2. The van der Waals surface area contributed by atoms with E-state index >= 15 is 0 Å². The van der Waals surface area contributed by atoms with Crippen LogP contribution in [0, 0.1) is 0 Å². The van der Waals surface area contributed by atoms with Crippen LogP contribution in [0.15, 0.2) is 40.1 Å². The van der Waals surface area contributed by atoms with Crippen LogP contribution in [0.4, 0.5) is 0 Å². The molecule has 0 spiro atoms. The predicted octanol–water partition coefficient (Wildman–Crippen LogP) is -0.864. The fourth-order valence-corrected chi connectivity index (χ4v) is 1.87. The van der Waals surface area contributed by atoms with Crippen LogP contribution in [-0.4, -0.2) is 25.1 Å². The van der Waals surface area contributed by atoms with Crippen LogP contribution < -0.4 is 17.0 Å². The van der Waals surface area contributed by atoms with Gasteiger partial charge in [0.15, 0.2) is 11.4 Å². The Bertz CT molecular complexity index is 830. The minimum atomic E-state index is -0.566. The number of amides is 1. The Morgan fingerprint density at radius 3 is 3.10 bits per heavy atom. The predicted molar refractivity (Wildman–Crippen MR) is 66.7 cm³/mol. The topological polar surface area (TPSA) is 120 Å². The van der Waals surface area contributed by atoms with Crippen LogP contribution in [0.3, 0.4) is 0 Å². The van der Waals surface area contributed by atoms with Gasteiger partial charge in [-0.05, 0) is 6.07 Å². The van der Waals surface area contributed by atoms with Crippen molar-refractivity contribution in [2.45, 2.75) is 6.54 Å². The summed E-state index contributed by atoms with van der Waals surface area (Å²) in [6.07, 6.45) is 5.83. The van der Waals surface area contributed by atoms with Crippen molar-refractivity contribution in [3.05, 3.63) is 52.7 Å². The largest absolute Gasteiger partial charge is 0.459 e. The first-order chi connectivity index (χ1) is 9.70. The fourth-order valence-electron chi connectivity index (χ4n) is 1.87. The van der Waals surface area contributed by atoms with Gasteiger partial charge < -0.3 is 4.42 Å². The molecule has 102 valence electrons. The highest BCUT2D eigenvalue weighted by molar-refractivity contribution is 5.92. The molecule has 3 heterocycles. The molecule has 0 radical (unpaired) electrons. The average molecular weight is 274 g/mol. The Balaban J connectivity index is 2.02. The maximum atomic E-state index is 12.1. The third-order valence-corrected chi connectivity index (χ3v) is 2.79. The van der Waals surface area contributed by atoms with Crippen LogP contribution >= 0.6 is 0 Å². The third kappa shape index (κ3) is 1.86. The summed E-state index contributed by atoms with van der Waals surface area (Å²) >= 11 is 0. The number of fused-ring (bicyclic) bond motifs is 1. The van der Waals surface area contributed by atoms with Crippen LogP contribution in [0.5, 0.6) is 0 Å². The molecule has 0 aliphatic carbocycles. The second-order valence-corrected chi connectivity index (χ2v) is 3.99. The molecule has 0 bridgehead atoms. The number of nitrogens with zero attached hydrogens (tertiary/aromatic N) is 4. The summed E-state index contributed by atoms with van der Waals surface area (Å²) in [6.45, 7) is 0.0970. The summed E-state index contributed by atoms with van der Waals surface area (Å²) in [5, 5.41) is 4.11. The number of hydrogen-bond acceptors (Lipinski definition) is 6. The molecule has 3 aromatic heterocycles. The van der Waals surface area contributed by atoms with E-state index in [1.807, 2.05) is 5.43 Å². The standard InChI is InChI=1S/C11H10N6O3/c12-14-10(18)9-7(1-4-20-9)6-17-11(19)16-3-2-13-5-8(16)15-17/h1-5H,6,12H2,(H,14,18). The number of nitrogens with two attached hydrogens (primary N) is 1.